The van der Waals surface area contributed by atoms with Gasteiger partial charge in [0.05, 0.1) is 26.4 Å². The number of ether oxygens (including phenoxy) is 3. The minimum Gasteiger partial charge on any atom is -0.382 e. The molecule has 0 aliphatic heterocycles. The van der Waals surface area contributed by atoms with E-state index in [0.717, 1.165) is 19.6 Å². The summed E-state index contributed by atoms with van der Waals surface area (Å²) in [7, 11) is 3.73. The lowest BCUT2D eigenvalue weighted by Gasteiger charge is -2.33. The van der Waals surface area contributed by atoms with Crippen LogP contribution < -0.4 is 5.32 Å². The van der Waals surface area contributed by atoms with Gasteiger partial charge in [-0.3, -0.25) is 0 Å². The van der Waals surface area contributed by atoms with Crippen LogP contribution in [0.2, 0.25) is 0 Å². The summed E-state index contributed by atoms with van der Waals surface area (Å²) in [6.45, 7) is 9.09. The van der Waals surface area contributed by atoms with Crippen LogP contribution in [0.5, 0.6) is 0 Å². The van der Waals surface area contributed by atoms with Crippen molar-refractivity contribution in [2.24, 2.45) is 5.41 Å². The Labute approximate surface area is 125 Å². The second-order valence-electron chi connectivity index (χ2n) is 5.45. The van der Waals surface area contributed by atoms with E-state index in [4.69, 9.17) is 14.2 Å². The van der Waals surface area contributed by atoms with Gasteiger partial charge in [-0.25, -0.2) is 0 Å². The molecule has 0 heterocycles. The summed E-state index contributed by atoms with van der Waals surface area (Å²) in [5, 5.41) is 3.35. The third-order valence-corrected chi connectivity index (χ3v) is 3.94. The van der Waals surface area contributed by atoms with Gasteiger partial charge in [-0.15, -0.1) is 0 Å². The van der Waals surface area contributed by atoms with Crippen molar-refractivity contribution in [1.82, 2.24) is 5.32 Å². The zero-order valence-electron chi connectivity index (χ0n) is 14.0. The molecule has 20 heavy (non-hydrogen) atoms. The lowest BCUT2D eigenvalue weighted by molar-refractivity contribution is 0.0150. The molecule has 0 bridgehead atoms. The molecular weight excluding hydrogens is 254 g/mol. The van der Waals surface area contributed by atoms with Gasteiger partial charge in [0.2, 0.25) is 0 Å². The average Bonchev–Trinajstić information content (AvgIpc) is 2.47. The normalized spacial score (nSPS) is 14.4. The Morgan fingerprint density at radius 1 is 0.900 bits per heavy atom. The summed E-state index contributed by atoms with van der Waals surface area (Å²) < 4.78 is 16.0. The van der Waals surface area contributed by atoms with Crippen LogP contribution in [-0.2, 0) is 14.2 Å². The Morgan fingerprint density at radius 2 is 1.55 bits per heavy atom. The van der Waals surface area contributed by atoms with Crippen LogP contribution in [0.4, 0.5) is 0 Å². The molecule has 0 aromatic rings. The lowest BCUT2D eigenvalue weighted by Crippen LogP contribution is -2.33. The topological polar surface area (TPSA) is 39.7 Å². The molecule has 0 radical (unpaired) electrons. The monoisotopic (exact) mass is 289 g/mol. The van der Waals surface area contributed by atoms with Crippen LogP contribution in [0.3, 0.4) is 0 Å². The second-order valence-corrected chi connectivity index (χ2v) is 5.45. The van der Waals surface area contributed by atoms with Gasteiger partial charge in [-0.1, -0.05) is 26.7 Å². The number of unbranched alkanes of at least 4 members (excludes halogenated alkanes) is 1. The standard InChI is InChI=1S/C16H35NO3/c1-5-7-8-16(6-2,15-17-3)9-10-19-13-14-20-12-11-18-4/h17H,5-15H2,1-4H3. The molecule has 0 saturated carbocycles. The molecule has 0 rings (SSSR count). The summed E-state index contributed by atoms with van der Waals surface area (Å²) >= 11 is 0. The summed E-state index contributed by atoms with van der Waals surface area (Å²) in [6, 6.07) is 0. The lowest BCUT2D eigenvalue weighted by atomic mass is 9.77. The largest absolute Gasteiger partial charge is 0.382 e. The quantitative estimate of drug-likeness (QED) is 0.471. The van der Waals surface area contributed by atoms with Crippen LogP contribution >= 0.6 is 0 Å². The van der Waals surface area contributed by atoms with Crippen molar-refractivity contribution in [3.63, 3.8) is 0 Å². The van der Waals surface area contributed by atoms with E-state index in [1.54, 1.807) is 7.11 Å². The molecule has 4 nitrogen and oxygen atoms in total. The van der Waals surface area contributed by atoms with Crippen LogP contribution in [-0.4, -0.2) is 53.7 Å². The Hall–Kier alpha value is -0.160. The van der Waals surface area contributed by atoms with Crippen molar-refractivity contribution >= 4 is 0 Å². The SMILES string of the molecule is CCCCC(CC)(CCOCCOCCOC)CNC. The predicted octanol–water partition coefficient (Wildman–Crippen LogP) is 2.86. The van der Waals surface area contributed by atoms with E-state index in [0.29, 0.717) is 31.8 Å². The van der Waals surface area contributed by atoms with Gasteiger partial charge >= 0.3 is 0 Å². The summed E-state index contributed by atoms with van der Waals surface area (Å²) in [5.74, 6) is 0. The predicted molar refractivity (Wildman–Crippen MR) is 84.3 cm³/mol. The first-order valence-corrected chi connectivity index (χ1v) is 8.03. The van der Waals surface area contributed by atoms with E-state index in [-0.39, 0.29) is 0 Å². The molecule has 1 unspecified atom stereocenters. The first kappa shape index (κ1) is 19.8. The van der Waals surface area contributed by atoms with E-state index in [9.17, 15) is 0 Å². The van der Waals surface area contributed by atoms with Crippen molar-refractivity contribution in [3.8, 4) is 0 Å². The van der Waals surface area contributed by atoms with Crippen LogP contribution in [0.15, 0.2) is 0 Å². The summed E-state index contributed by atoms with van der Waals surface area (Å²) in [6.07, 6.45) is 6.19. The molecule has 122 valence electrons. The van der Waals surface area contributed by atoms with E-state index >= 15 is 0 Å². The molecule has 0 spiro atoms. The second kappa shape index (κ2) is 13.8. The fraction of sp³-hybridized carbons (Fsp3) is 1.00. The van der Waals surface area contributed by atoms with Gasteiger partial charge in [0.1, 0.15) is 0 Å². The summed E-state index contributed by atoms with van der Waals surface area (Å²) in [4.78, 5) is 0. The molecule has 0 saturated heterocycles. The molecule has 0 aliphatic rings. The highest BCUT2D eigenvalue weighted by molar-refractivity contribution is 4.79. The van der Waals surface area contributed by atoms with Crippen LogP contribution in [0.1, 0.15) is 46.0 Å². The van der Waals surface area contributed by atoms with E-state index in [1.165, 1.54) is 25.7 Å². The van der Waals surface area contributed by atoms with Crippen LogP contribution in [0, 0.1) is 5.41 Å². The minimum atomic E-state index is 0.391. The third kappa shape index (κ3) is 9.70. The van der Waals surface area contributed by atoms with Gasteiger partial charge in [0.25, 0.3) is 0 Å². The molecule has 0 fully saturated rings. The third-order valence-electron chi connectivity index (χ3n) is 3.94. The Balaban J connectivity index is 3.77. The number of nitrogens with one attached hydrogen (secondary N) is 1. The van der Waals surface area contributed by atoms with E-state index in [2.05, 4.69) is 19.2 Å². The van der Waals surface area contributed by atoms with Crippen molar-refractivity contribution in [3.05, 3.63) is 0 Å². The molecule has 0 aromatic carbocycles. The van der Waals surface area contributed by atoms with Crippen molar-refractivity contribution < 1.29 is 14.2 Å². The Morgan fingerprint density at radius 3 is 2.10 bits per heavy atom. The average molecular weight is 289 g/mol. The minimum absolute atomic E-state index is 0.391. The molecule has 0 aromatic heterocycles. The first-order valence-electron chi connectivity index (χ1n) is 8.03. The smallest absolute Gasteiger partial charge is 0.0701 e. The van der Waals surface area contributed by atoms with Gasteiger partial charge in [-0.05, 0) is 31.7 Å². The highest BCUT2D eigenvalue weighted by Crippen LogP contribution is 2.32. The van der Waals surface area contributed by atoms with Crippen LogP contribution in [0.25, 0.3) is 0 Å². The maximum Gasteiger partial charge on any atom is 0.0701 e. The van der Waals surface area contributed by atoms with E-state index in [1.807, 2.05) is 7.05 Å². The molecule has 0 aliphatic carbocycles. The highest BCUT2D eigenvalue weighted by Gasteiger charge is 2.26. The van der Waals surface area contributed by atoms with Gasteiger partial charge < -0.3 is 19.5 Å². The van der Waals surface area contributed by atoms with Gasteiger partial charge in [0.15, 0.2) is 0 Å². The molecule has 0 amide bonds. The maximum atomic E-state index is 5.70. The van der Waals surface area contributed by atoms with Crippen molar-refractivity contribution in [2.75, 3.05) is 53.7 Å². The maximum absolute atomic E-state index is 5.70. The van der Waals surface area contributed by atoms with Crippen molar-refractivity contribution in [2.45, 2.75) is 46.0 Å². The number of methoxy groups -OCH3 is 1. The van der Waals surface area contributed by atoms with E-state index < -0.39 is 0 Å². The number of hydrogen-bond donors (Lipinski definition) is 1. The number of rotatable bonds is 15. The fourth-order valence-electron chi connectivity index (χ4n) is 2.46. The fourth-order valence-corrected chi connectivity index (χ4v) is 2.46. The molecule has 1 N–H and O–H groups in total. The zero-order chi connectivity index (χ0) is 15.1. The highest BCUT2D eigenvalue weighted by atomic mass is 16.5. The molecule has 1 atom stereocenters. The summed E-state index contributed by atoms with van der Waals surface area (Å²) in [5.41, 5.74) is 0.391. The van der Waals surface area contributed by atoms with Gasteiger partial charge in [-0.2, -0.15) is 0 Å². The molecular formula is C16H35NO3. The molecule has 4 heteroatoms. The van der Waals surface area contributed by atoms with Gasteiger partial charge in [0, 0.05) is 20.3 Å². The number of hydrogen-bond acceptors (Lipinski definition) is 4. The van der Waals surface area contributed by atoms with Crippen molar-refractivity contribution in [1.29, 1.82) is 0 Å². The Bertz CT molecular complexity index is 202. The first-order chi connectivity index (χ1) is 9.74. The zero-order valence-corrected chi connectivity index (χ0v) is 14.0. The Kier molecular flexibility index (Phi) is 13.7.